The highest BCUT2D eigenvalue weighted by molar-refractivity contribution is 7.91. The van der Waals surface area contributed by atoms with Gasteiger partial charge in [0, 0.05) is 19.5 Å². The van der Waals surface area contributed by atoms with Gasteiger partial charge in [-0.05, 0) is 36.8 Å². The minimum absolute atomic E-state index is 0.00188. The van der Waals surface area contributed by atoms with E-state index in [4.69, 9.17) is 13.9 Å². The molecule has 164 valence electrons. The number of hydrogen-bond donors (Lipinski definition) is 1. The lowest BCUT2D eigenvalue weighted by Crippen LogP contribution is -2.28. The van der Waals surface area contributed by atoms with Crippen molar-refractivity contribution in [2.45, 2.75) is 24.3 Å². The standard InChI is InChI=1S/C21H22N2O7S/c1-13(14-3-6-17-19(11-14)29-9-8-28-17)22-20(24)7-10-31(26,27)15-4-5-16-18(12-15)30-21(25)23(16)2/h3-6,11-13H,7-10H2,1-2H3,(H,22,24). The lowest BCUT2D eigenvalue weighted by atomic mass is 10.1. The lowest BCUT2D eigenvalue weighted by molar-refractivity contribution is -0.121. The first kappa shape index (κ1) is 21.0. The number of hydrogen-bond acceptors (Lipinski definition) is 7. The molecule has 0 radical (unpaired) electrons. The molecule has 1 aromatic heterocycles. The van der Waals surface area contributed by atoms with Crippen LogP contribution < -0.4 is 20.5 Å². The van der Waals surface area contributed by atoms with Gasteiger partial charge in [0.05, 0.1) is 22.2 Å². The maximum absolute atomic E-state index is 12.7. The van der Waals surface area contributed by atoms with Gasteiger partial charge in [-0.2, -0.15) is 0 Å². The summed E-state index contributed by atoms with van der Waals surface area (Å²) in [7, 11) is -2.19. The molecule has 2 aromatic carbocycles. The Hall–Kier alpha value is -3.27. The fraction of sp³-hybridized carbons (Fsp3) is 0.333. The van der Waals surface area contributed by atoms with Crippen LogP contribution in [0.25, 0.3) is 11.1 Å². The van der Waals surface area contributed by atoms with E-state index in [9.17, 15) is 18.0 Å². The summed E-state index contributed by atoms with van der Waals surface area (Å²) in [4.78, 5) is 24.0. The van der Waals surface area contributed by atoms with Gasteiger partial charge < -0.3 is 19.2 Å². The Labute approximate surface area is 178 Å². The zero-order valence-corrected chi connectivity index (χ0v) is 17.9. The van der Waals surface area contributed by atoms with Crippen molar-refractivity contribution in [2.75, 3.05) is 19.0 Å². The van der Waals surface area contributed by atoms with Crippen LogP contribution >= 0.6 is 0 Å². The number of sulfone groups is 1. The predicted octanol–water partition coefficient (Wildman–Crippen LogP) is 1.94. The molecule has 0 saturated carbocycles. The summed E-state index contributed by atoms with van der Waals surface area (Å²) in [6.45, 7) is 2.77. The number of fused-ring (bicyclic) bond motifs is 2. The van der Waals surface area contributed by atoms with Crippen molar-refractivity contribution < 1.29 is 27.1 Å². The molecular weight excluding hydrogens is 424 g/mol. The number of aryl methyl sites for hydroxylation is 1. The molecule has 1 aliphatic rings. The number of rotatable bonds is 6. The largest absolute Gasteiger partial charge is 0.486 e. The summed E-state index contributed by atoms with van der Waals surface area (Å²) in [5, 5.41) is 2.80. The van der Waals surface area contributed by atoms with Crippen LogP contribution in [0.5, 0.6) is 11.5 Å². The topological polar surface area (TPSA) is 117 Å². The molecule has 0 fully saturated rings. The molecule has 0 spiro atoms. The Morgan fingerprint density at radius 3 is 2.65 bits per heavy atom. The summed E-state index contributed by atoms with van der Waals surface area (Å²) in [5.74, 6) is -0.0495. The fourth-order valence-corrected chi connectivity index (χ4v) is 4.63. The number of nitrogens with one attached hydrogen (secondary N) is 1. The molecule has 1 aliphatic heterocycles. The molecule has 1 N–H and O–H groups in total. The van der Waals surface area contributed by atoms with Crippen LogP contribution in [0.4, 0.5) is 0 Å². The number of amides is 1. The van der Waals surface area contributed by atoms with Crippen LogP contribution in [-0.2, 0) is 21.7 Å². The van der Waals surface area contributed by atoms with Crippen molar-refractivity contribution in [3.63, 3.8) is 0 Å². The number of carbonyl (C=O) groups excluding carboxylic acids is 1. The Kier molecular flexibility index (Phi) is 5.48. The Balaban J connectivity index is 1.40. The van der Waals surface area contributed by atoms with E-state index in [1.807, 2.05) is 13.0 Å². The van der Waals surface area contributed by atoms with E-state index in [0.717, 1.165) is 5.56 Å². The monoisotopic (exact) mass is 446 g/mol. The smallest absolute Gasteiger partial charge is 0.419 e. The normalized spacial score (nSPS) is 14.4. The van der Waals surface area contributed by atoms with E-state index in [2.05, 4.69) is 5.32 Å². The van der Waals surface area contributed by atoms with Crippen LogP contribution in [0.3, 0.4) is 0 Å². The number of nitrogens with zero attached hydrogens (tertiary/aromatic N) is 1. The molecule has 1 amide bonds. The van der Waals surface area contributed by atoms with E-state index in [1.54, 1.807) is 12.1 Å². The summed E-state index contributed by atoms with van der Waals surface area (Å²) in [5.41, 5.74) is 1.50. The fourth-order valence-electron chi connectivity index (χ4n) is 3.38. The average Bonchev–Trinajstić information content (AvgIpc) is 3.05. The first-order valence-electron chi connectivity index (χ1n) is 9.76. The maximum Gasteiger partial charge on any atom is 0.419 e. The molecule has 0 saturated heterocycles. The van der Waals surface area contributed by atoms with E-state index >= 15 is 0 Å². The van der Waals surface area contributed by atoms with Gasteiger partial charge in [0.25, 0.3) is 0 Å². The highest BCUT2D eigenvalue weighted by Gasteiger charge is 2.20. The van der Waals surface area contributed by atoms with E-state index in [1.165, 1.54) is 29.8 Å². The molecule has 2 heterocycles. The third-order valence-electron chi connectivity index (χ3n) is 5.16. The van der Waals surface area contributed by atoms with Crippen molar-refractivity contribution >= 4 is 26.8 Å². The van der Waals surface area contributed by atoms with Gasteiger partial charge in [-0.1, -0.05) is 6.07 Å². The number of aromatic nitrogens is 1. The zero-order chi connectivity index (χ0) is 22.2. The summed E-state index contributed by atoms with van der Waals surface area (Å²) < 4.78 is 42.7. The van der Waals surface area contributed by atoms with Crippen LogP contribution in [-0.4, -0.2) is 37.9 Å². The average molecular weight is 446 g/mol. The van der Waals surface area contributed by atoms with Crippen LogP contribution in [0.2, 0.25) is 0 Å². The van der Waals surface area contributed by atoms with Crippen molar-refractivity contribution in [3.8, 4) is 11.5 Å². The number of carbonyl (C=O) groups is 1. The maximum atomic E-state index is 12.7. The SMILES string of the molecule is CC(NC(=O)CCS(=O)(=O)c1ccc2c(c1)oc(=O)n2C)c1ccc2c(c1)OCCO2. The minimum Gasteiger partial charge on any atom is -0.486 e. The van der Waals surface area contributed by atoms with Crippen LogP contribution in [0.1, 0.15) is 24.9 Å². The lowest BCUT2D eigenvalue weighted by Gasteiger charge is -2.21. The second-order valence-electron chi connectivity index (χ2n) is 7.32. The Morgan fingerprint density at radius 2 is 1.87 bits per heavy atom. The van der Waals surface area contributed by atoms with E-state index in [0.29, 0.717) is 30.2 Å². The first-order chi connectivity index (χ1) is 14.7. The Bertz CT molecular complexity index is 1310. The molecule has 9 nitrogen and oxygen atoms in total. The number of ether oxygens (including phenoxy) is 2. The molecule has 1 atom stereocenters. The molecule has 31 heavy (non-hydrogen) atoms. The minimum atomic E-state index is -3.73. The second-order valence-corrected chi connectivity index (χ2v) is 9.43. The van der Waals surface area contributed by atoms with Crippen LogP contribution in [0.15, 0.2) is 50.5 Å². The van der Waals surface area contributed by atoms with Crippen LogP contribution in [0, 0.1) is 0 Å². The van der Waals surface area contributed by atoms with Crippen molar-refractivity contribution in [2.24, 2.45) is 7.05 Å². The van der Waals surface area contributed by atoms with Gasteiger partial charge in [-0.3, -0.25) is 9.36 Å². The zero-order valence-electron chi connectivity index (χ0n) is 17.1. The molecular formula is C21H22N2O7S. The summed E-state index contributed by atoms with van der Waals surface area (Å²) in [6.07, 6.45) is -0.200. The van der Waals surface area contributed by atoms with Crippen molar-refractivity contribution in [3.05, 3.63) is 52.5 Å². The van der Waals surface area contributed by atoms with E-state index in [-0.39, 0.29) is 28.7 Å². The quantitative estimate of drug-likeness (QED) is 0.615. The first-order valence-corrected chi connectivity index (χ1v) is 11.4. The van der Waals surface area contributed by atoms with Gasteiger partial charge in [0.15, 0.2) is 26.9 Å². The third-order valence-corrected chi connectivity index (χ3v) is 6.88. The number of benzene rings is 2. The number of oxazole rings is 1. The molecule has 0 bridgehead atoms. The third kappa shape index (κ3) is 4.29. The Morgan fingerprint density at radius 1 is 1.13 bits per heavy atom. The summed E-state index contributed by atoms with van der Waals surface area (Å²) >= 11 is 0. The van der Waals surface area contributed by atoms with Crippen molar-refractivity contribution in [1.29, 1.82) is 0 Å². The molecule has 1 unspecified atom stereocenters. The highest BCUT2D eigenvalue weighted by Crippen LogP contribution is 2.32. The van der Waals surface area contributed by atoms with Crippen molar-refractivity contribution in [1.82, 2.24) is 9.88 Å². The summed E-state index contributed by atoms with van der Waals surface area (Å²) in [6, 6.07) is 9.31. The van der Waals surface area contributed by atoms with Gasteiger partial charge >= 0.3 is 5.76 Å². The van der Waals surface area contributed by atoms with Gasteiger partial charge in [0.1, 0.15) is 13.2 Å². The molecule has 10 heteroatoms. The van der Waals surface area contributed by atoms with Gasteiger partial charge in [-0.15, -0.1) is 0 Å². The second kappa shape index (κ2) is 8.10. The van der Waals surface area contributed by atoms with E-state index < -0.39 is 21.5 Å². The van der Waals surface area contributed by atoms with Gasteiger partial charge in [-0.25, -0.2) is 13.2 Å². The highest BCUT2D eigenvalue weighted by atomic mass is 32.2. The molecule has 4 rings (SSSR count). The molecule has 0 aliphatic carbocycles. The molecule has 3 aromatic rings. The predicted molar refractivity (Wildman–Crippen MR) is 112 cm³/mol. The van der Waals surface area contributed by atoms with Gasteiger partial charge in [0.2, 0.25) is 5.91 Å².